The van der Waals surface area contributed by atoms with Crippen molar-refractivity contribution in [3.63, 3.8) is 0 Å². The molecule has 1 aliphatic rings. The summed E-state index contributed by atoms with van der Waals surface area (Å²) in [5, 5.41) is 2.71. The number of carbonyl (C=O) groups is 3. The fourth-order valence-electron chi connectivity index (χ4n) is 3.47. The molecule has 1 aliphatic heterocycles. The Morgan fingerprint density at radius 2 is 2.00 bits per heavy atom. The van der Waals surface area contributed by atoms with Gasteiger partial charge in [0.1, 0.15) is 12.1 Å². The first kappa shape index (κ1) is 21.8. The van der Waals surface area contributed by atoms with Crippen molar-refractivity contribution in [1.29, 1.82) is 0 Å². The molecule has 2 N–H and O–H groups in total. The van der Waals surface area contributed by atoms with Crippen molar-refractivity contribution >= 4 is 33.9 Å². The van der Waals surface area contributed by atoms with Crippen LogP contribution >= 0.6 is 15.9 Å². The summed E-state index contributed by atoms with van der Waals surface area (Å²) in [6, 6.07) is 5.85. The number of aromatic amines is 1. The van der Waals surface area contributed by atoms with Crippen LogP contribution in [0.5, 0.6) is 0 Å². The third kappa shape index (κ3) is 4.81. The van der Waals surface area contributed by atoms with Crippen LogP contribution < -0.4 is 5.32 Å². The topological polar surface area (TPSA) is 114 Å². The highest BCUT2D eigenvalue weighted by Gasteiger charge is 2.35. The summed E-state index contributed by atoms with van der Waals surface area (Å²) in [4.78, 5) is 46.0. The van der Waals surface area contributed by atoms with Crippen LogP contribution in [0.25, 0.3) is 0 Å². The molecule has 0 aliphatic carbocycles. The maximum Gasteiger partial charge on any atom is 0.328 e. The van der Waals surface area contributed by atoms with Crippen LogP contribution in [-0.2, 0) is 25.5 Å². The molecule has 2 atom stereocenters. The molecule has 0 fully saturated rings. The van der Waals surface area contributed by atoms with Gasteiger partial charge in [-0.05, 0) is 24.1 Å². The number of aromatic nitrogens is 2. The molecule has 0 radical (unpaired) electrons. The van der Waals surface area contributed by atoms with E-state index in [1.807, 2.05) is 24.3 Å². The van der Waals surface area contributed by atoms with Gasteiger partial charge in [0.15, 0.2) is 0 Å². The van der Waals surface area contributed by atoms with E-state index in [0.29, 0.717) is 13.0 Å². The molecule has 0 unspecified atom stereocenters. The Kier molecular flexibility index (Phi) is 7.09. The monoisotopic (exact) mass is 478 g/mol. The summed E-state index contributed by atoms with van der Waals surface area (Å²) >= 11 is 3.43. The van der Waals surface area contributed by atoms with Gasteiger partial charge in [0, 0.05) is 29.6 Å². The standard InChI is InChI=1S/C20H23BrN4O5/c1-29-16(26)8-7-15(19(27)30-2)24-20(28)25-10-9-14-17(23-11-22-14)18(25)12-3-5-13(21)6-4-12/h3-6,11,15,18H,7-10H2,1-2H3,(H,22,23)(H,24,28)/t15-,18-/m0/s1. The lowest BCUT2D eigenvalue weighted by molar-refractivity contribution is -0.144. The molecule has 2 heterocycles. The Balaban J connectivity index is 1.84. The second-order valence-corrected chi connectivity index (χ2v) is 7.72. The van der Waals surface area contributed by atoms with E-state index in [2.05, 4.69) is 36.0 Å². The molecule has 0 saturated carbocycles. The summed E-state index contributed by atoms with van der Waals surface area (Å²) in [6.07, 6.45) is 2.29. The van der Waals surface area contributed by atoms with E-state index >= 15 is 0 Å². The van der Waals surface area contributed by atoms with Gasteiger partial charge in [-0.2, -0.15) is 0 Å². The predicted molar refractivity (Wildman–Crippen MR) is 111 cm³/mol. The maximum atomic E-state index is 13.2. The second-order valence-electron chi connectivity index (χ2n) is 6.80. The molecule has 1 aromatic carbocycles. The number of urea groups is 1. The third-order valence-electron chi connectivity index (χ3n) is 5.02. The fourth-order valence-corrected chi connectivity index (χ4v) is 3.73. The fraction of sp³-hybridized carbons (Fsp3) is 0.400. The number of amides is 2. The Hall–Kier alpha value is -2.88. The Morgan fingerprint density at radius 1 is 1.27 bits per heavy atom. The summed E-state index contributed by atoms with van der Waals surface area (Å²) < 4.78 is 10.3. The maximum absolute atomic E-state index is 13.2. The summed E-state index contributed by atoms with van der Waals surface area (Å²) in [5.41, 5.74) is 2.63. The van der Waals surface area contributed by atoms with Crippen molar-refractivity contribution in [1.82, 2.24) is 20.2 Å². The van der Waals surface area contributed by atoms with Crippen molar-refractivity contribution in [2.75, 3.05) is 20.8 Å². The molecule has 3 rings (SSSR count). The zero-order valence-corrected chi connectivity index (χ0v) is 18.3. The van der Waals surface area contributed by atoms with Crippen LogP contribution in [0.1, 0.15) is 35.8 Å². The van der Waals surface area contributed by atoms with Crippen LogP contribution in [-0.4, -0.2) is 59.6 Å². The van der Waals surface area contributed by atoms with Crippen molar-refractivity contribution < 1.29 is 23.9 Å². The van der Waals surface area contributed by atoms with Gasteiger partial charge in [0.25, 0.3) is 0 Å². The van der Waals surface area contributed by atoms with Crippen molar-refractivity contribution in [2.45, 2.75) is 31.3 Å². The molecule has 0 bridgehead atoms. The number of imidazole rings is 1. The smallest absolute Gasteiger partial charge is 0.328 e. The van der Waals surface area contributed by atoms with Crippen molar-refractivity contribution in [2.24, 2.45) is 0 Å². The lowest BCUT2D eigenvalue weighted by Gasteiger charge is -2.36. The normalized spacial score (nSPS) is 16.4. The van der Waals surface area contributed by atoms with Gasteiger partial charge in [-0.3, -0.25) is 4.79 Å². The largest absolute Gasteiger partial charge is 0.469 e. The second kappa shape index (κ2) is 9.75. The average molecular weight is 479 g/mol. The van der Waals surface area contributed by atoms with E-state index in [1.54, 1.807) is 11.2 Å². The van der Waals surface area contributed by atoms with E-state index in [9.17, 15) is 14.4 Å². The molecule has 9 nitrogen and oxygen atoms in total. The number of carbonyl (C=O) groups excluding carboxylic acids is 3. The minimum absolute atomic E-state index is 0.0177. The van der Waals surface area contributed by atoms with Crippen molar-refractivity contribution in [3.8, 4) is 0 Å². The number of rotatable bonds is 6. The first-order chi connectivity index (χ1) is 14.4. The Morgan fingerprint density at radius 3 is 2.67 bits per heavy atom. The van der Waals surface area contributed by atoms with Gasteiger partial charge < -0.3 is 24.7 Å². The minimum Gasteiger partial charge on any atom is -0.469 e. The highest BCUT2D eigenvalue weighted by Crippen LogP contribution is 2.34. The Bertz CT molecular complexity index is 914. The number of nitrogens with one attached hydrogen (secondary N) is 2. The zero-order valence-electron chi connectivity index (χ0n) is 16.7. The van der Waals surface area contributed by atoms with Gasteiger partial charge >= 0.3 is 18.0 Å². The number of benzene rings is 1. The number of methoxy groups -OCH3 is 2. The molecule has 160 valence electrons. The van der Waals surface area contributed by atoms with Crippen LogP contribution in [0.2, 0.25) is 0 Å². The van der Waals surface area contributed by atoms with E-state index in [-0.39, 0.29) is 12.8 Å². The summed E-state index contributed by atoms with van der Waals surface area (Å²) in [5.74, 6) is -1.09. The molecule has 0 spiro atoms. The lowest BCUT2D eigenvalue weighted by atomic mass is 9.96. The number of fused-ring (bicyclic) bond motifs is 1. The molecular formula is C20H23BrN4O5. The van der Waals surface area contributed by atoms with E-state index in [1.165, 1.54) is 14.2 Å². The van der Waals surface area contributed by atoms with Gasteiger partial charge in [-0.25, -0.2) is 14.6 Å². The van der Waals surface area contributed by atoms with Crippen LogP contribution in [0, 0.1) is 0 Å². The molecule has 30 heavy (non-hydrogen) atoms. The lowest BCUT2D eigenvalue weighted by Crippen LogP contribution is -2.51. The number of hydrogen-bond acceptors (Lipinski definition) is 6. The van der Waals surface area contributed by atoms with Crippen LogP contribution in [0.4, 0.5) is 4.79 Å². The van der Waals surface area contributed by atoms with Crippen molar-refractivity contribution in [3.05, 3.63) is 52.0 Å². The molecule has 10 heteroatoms. The third-order valence-corrected chi connectivity index (χ3v) is 5.55. The molecule has 0 saturated heterocycles. The minimum atomic E-state index is -0.965. The van der Waals surface area contributed by atoms with Crippen LogP contribution in [0.3, 0.4) is 0 Å². The number of halogens is 1. The first-order valence-electron chi connectivity index (χ1n) is 9.44. The molecule has 2 aromatic rings. The number of H-pyrrole nitrogens is 1. The first-order valence-corrected chi connectivity index (χ1v) is 10.2. The van der Waals surface area contributed by atoms with E-state index in [4.69, 9.17) is 4.74 Å². The SMILES string of the molecule is COC(=O)CC[C@H](NC(=O)N1CCc2[nH]cnc2[C@@H]1c1ccc(Br)cc1)C(=O)OC. The number of ether oxygens (including phenoxy) is 2. The summed E-state index contributed by atoms with van der Waals surface area (Å²) in [6.45, 7) is 0.437. The van der Waals surface area contributed by atoms with Gasteiger partial charge in [-0.1, -0.05) is 28.1 Å². The van der Waals surface area contributed by atoms with Gasteiger partial charge in [-0.15, -0.1) is 0 Å². The number of esters is 2. The van der Waals surface area contributed by atoms with Crippen LogP contribution in [0.15, 0.2) is 35.1 Å². The van der Waals surface area contributed by atoms with E-state index in [0.717, 1.165) is 21.4 Å². The highest BCUT2D eigenvalue weighted by molar-refractivity contribution is 9.10. The number of nitrogens with zero attached hydrogens (tertiary/aromatic N) is 2. The van der Waals surface area contributed by atoms with E-state index < -0.39 is 30.1 Å². The van der Waals surface area contributed by atoms with Gasteiger partial charge in [0.2, 0.25) is 0 Å². The van der Waals surface area contributed by atoms with Gasteiger partial charge in [0.05, 0.1) is 26.2 Å². The zero-order chi connectivity index (χ0) is 21.7. The summed E-state index contributed by atoms with van der Waals surface area (Å²) in [7, 11) is 2.51. The quantitative estimate of drug-likeness (QED) is 0.615. The Labute approximate surface area is 182 Å². The highest BCUT2D eigenvalue weighted by atomic mass is 79.9. The molecular weight excluding hydrogens is 456 g/mol. The molecule has 1 aromatic heterocycles. The predicted octanol–water partition coefficient (Wildman–Crippen LogP) is 2.32. The molecule has 2 amide bonds. The average Bonchev–Trinajstić information content (AvgIpc) is 3.24. The number of hydrogen-bond donors (Lipinski definition) is 2.